The van der Waals surface area contributed by atoms with Crippen LogP contribution in [-0.4, -0.2) is 44.7 Å². The minimum Gasteiger partial charge on any atom is -0.303 e. The van der Waals surface area contributed by atoms with Gasteiger partial charge in [0.1, 0.15) is 5.65 Å². The molecule has 2 aromatic rings. The Kier molecular flexibility index (Phi) is 4.32. The fraction of sp³-hybridized carbons (Fsp3) is 0.500. The van der Waals surface area contributed by atoms with Crippen LogP contribution >= 0.6 is 11.8 Å². The molecular weight excluding hydrogens is 272 g/mol. The lowest BCUT2D eigenvalue weighted by Crippen LogP contribution is -2.31. The first kappa shape index (κ1) is 13.6. The minimum atomic E-state index is -0.254. The van der Waals surface area contributed by atoms with Crippen molar-refractivity contribution in [2.24, 2.45) is 0 Å². The highest BCUT2D eigenvalue weighted by molar-refractivity contribution is 7.99. The number of aromatic nitrogens is 3. The van der Waals surface area contributed by atoms with Crippen molar-refractivity contribution in [1.29, 1.82) is 0 Å². The average molecular weight is 290 g/mol. The highest BCUT2D eigenvalue weighted by Gasteiger charge is 2.10. The summed E-state index contributed by atoms with van der Waals surface area (Å²) in [5, 5.41) is 0.582. The maximum Gasteiger partial charge on any atom is 0.355 e. The lowest BCUT2D eigenvalue weighted by Gasteiger charge is -2.25. The summed E-state index contributed by atoms with van der Waals surface area (Å²) >= 11 is 1.57. The van der Waals surface area contributed by atoms with E-state index < -0.39 is 0 Å². The number of hydrogen-bond acceptors (Lipinski definition) is 5. The van der Waals surface area contributed by atoms with Crippen molar-refractivity contribution in [1.82, 2.24) is 19.3 Å². The summed E-state index contributed by atoms with van der Waals surface area (Å²) in [4.78, 5) is 22.8. The molecule has 3 heterocycles. The molecule has 5 nitrogen and oxygen atoms in total. The molecule has 0 radical (unpaired) electrons. The Balaban J connectivity index is 1.64. The summed E-state index contributed by atoms with van der Waals surface area (Å²) in [6.07, 6.45) is 5.66. The summed E-state index contributed by atoms with van der Waals surface area (Å²) in [7, 11) is 0. The third-order valence-electron chi connectivity index (χ3n) is 3.53. The van der Waals surface area contributed by atoms with Gasteiger partial charge in [0, 0.05) is 18.5 Å². The van der Waals surface area contributed by atoms with Crippen LogP contribution < -0.4 is 5.69 Å². The van der Waals surface area contributed by atoms with Gasteiger partial charge in [0.25, 0.3) is 0 Å². The Bertz CT molecular complexity index is 636. The second-order valence-corrected chi connectivity index (χ2v) is 6.03. The predicted octanol–water partition coefficient (Wildman–Crippen LogP) is 1.67. The minimum absolute atomic E-state index is 0.254. The largest absolute Gasteiger partial charge is 0.355 e. The van der Waals surface area contributed by atoms with Gasteiger partial charge in [-0.15, -0.1) is 0 Å². The van der Waals surface area contributed by atoms with Gasteiger partial charge in [-0.1, -0.05) is 24.2 Å². The Morgan fingerprint density at radius 1 is 1.15 bits per heavy atom. The highest BCUT2D eigenvalue weighted by Crippen LogP contribution is 2.14. The van der Waals surface area contributed by atoms with Gasteiger partial charge in [0.2, 0.25) is 0 Å². The van der Waals surface area contributed by atoms with Gasteiger partial charge in [-0.2, -0.15) is 4.98 Å². The number of hydrogen-bond donors (Lipinski definition) is 0. The van der Waals surface area contributed by atoms with Crippen molar-refractivity contribution in [3.63, 3.8) is 0 Å². The van der Waals surface area contributed by atoms with E-state index in [0.29, 0.717) is 10.8 Å². The Labute approximate surface area is 122 Å². The Morgan fingerprint density at radius 3 is 2.85 bits per heavy atom. The van der Waals surface area contributed by atoms with E-state index in [9.17, 15) is 4.79 Å². The summed E-state index contributed by atoms with van der Waals surface area (Å²) in [6, 6.07) is 5.52. The van der Waals surface area contributed by atoms with E-state index in [2.05, 4.69) is 14.9 Å². The molecule has 0 atom stereocenters. The first-order valence-corrected chi connectivity index (χ1v) is 8.02. The van der Waals surface area contributed by atoms with E-state index >= 15 is 0 Å². The molecule has 3 rings (SSSR count). The molecule has 0 N–H and O–H groups in total. The molecule has 0 bridgehead atoms. The van der Waals surface area contributed by atoms with Gasteiger partial charge < -0.3 is 4.90 Å². The molecule has 1 saturated heterocycles. The lowest BCUT2D eigenvalue weighted by atomic mass is 10.1. The SMILES string of the molecule is O=c1nc(SCCN2CCCCC2)nc2ccccn12. The third-order valence-corrected chi connectivity index (χ3v) is 4.36. The molecule has 1 aliphatic heterocycles. The molecular formula is C14H18N4OS. The number of nitrogens with zero attached hydrogens (tertiary/aromatic N) is 4. The molecule has 0 aliphatic carbocycles. The van der Waals surface area contributed by atoms with E-state index in [0.717, 1.165) is 12.3 Å². The van der Waals surface area contributed by atoms with Gasteiger partial charge in [-0.25, -0.2) is 9.78 Å². The predicted molar refractivity (Wildman–Crippen MR) is 80.3 cm³/mol. The lowest BCUT2D eigenvalue weighted by molar-refractivity contribution is 0.242. The maximum atomic E-state index is 11.9. The van der Waals surface area contributed by atoms with Gasteiger partial charge >= 0.3 is 5.69 Å². The Hall–Kier alpha value is -1.40. The number of piperidine rings is 1. The van der Waals surface area contributed by atoms with Crippen LogP contribution in [0.4, 0.5) is 0 Å². The standard InChI is InChI=1S/C14H18N4OS/c19-14-16-13(15-12-6-2-5-9-18(12)14)20-11-10-17-7-3-1-4-8-17/h2,5-6,9H,1,3-4,7-8,10-11H2. The van der Waals surface area contributed by atoms with Crippen LogP contribution in [0.1, 0.15) is 19.3 Å². The molecule has 0 spiro atoms. The highest BCUT2D eigenvalue weighted by atomic mass is 32.2. The molecule has 0 unspecified atom stereocenters. The van der Waals surface area contributed by atoms with E-state index in [4.69, 9.17) is 0 Å². The van der Waals surface area contributed by atoms with Crippen LogP contribution in [0, 0.1) is 0 Å². The van der Waals surface area contributed by atoms with Crippen LogP contribution in [0.3, 0.4) is 0 Å². The topological polar surface area (TPSA) is 50.5 Å². The van der Waals surface area contributed by atoms with Gasteiger partial charge in [0.15, 0.2) is 5.16 Å². The quantitative estimate of drug-likeness (QED) is 0.802. The van der Waals surface area contributed by atoms with Crippen molar-refractivity contribution in [3.8, 4) is 0 Å². The summed E-state index contributed by atoms with van der Waals surface area (Å²) in [5.41, 5.74) is 0.407. The molecule has 106 valence electrons. The van der Waals surface area contributed by atoms with E-state index in [-0.39, 0.29) is 5.69 Å². The molecule has 6 heteroatoms. The van der Waals surface area contributed by atoms with Crippen molar-refractivity contribution < 1.29 is 0 Å². The smallest absolute Gasteiger partial charge is 0.303 e. The van der Waals surface area contributed by atoms with Crippen molar-refractivity contribution in [2.45, 2.75) is 24.4 Å². The summed E-state index contributed by atoms with van der Waals surface area (Å²) in [5.74, 6) is 0.933. The molecule has 0 saturated carbocycles. The Morgan fingerprint density at radius 2 is 2.00 bits per heavy atom. The fourth-order valence-electron chi connectivity index (χ4n) is 2.46. The maximum absolute atomic E-state index is 11.9. The normalized spacial score (nSPS) is 16.6. The molecule has 1 aliphatic rings. The zero-order valence-electron chi connectivity index (χ0n) is 11.4. The van der Waals surface area contributed by atoms with Crippen LogP contribution in [0.5, 0.6) is 0 Å². The van der Waals surface area contributed by atoms with Crippen LogP contribution in [0.2, 0.25) is 0 Å². The van der Waals surface area contributed by atoms with E-state index in [1.807, 2.05) is 12.1 Å². The van der Waals surface area contributed by atoms with Gasteiger partial charge in [-0.3, -0.25) is 4.40 Å². The third kappa shape index (κ3) is 3.19. The van der Waals surface area contributed by atoms with Crippen molar-refractivity contribution >= 4 is 17.4 Å². The van der Waals surface area contributed by atoms with E-state index in [1.54, 1.807) is 24.0 Å². The van der Waals surface area contributed by atoms with E-state index in [1.165, 1.54) is 36.8 Å². The molecule has 0 amide bonds. The zero-order valence-corrected chi connectivity index (χ0v) is 12.2. The number of rotatable bonds is 4. The number of thioether (sulfide) groups is 1. The average Bonchev–Trinajstić information content (AvgIpc) is 2.48. The number of pyridine rings is 1. The first-order chi connectivity index (χ1) is 9.83. The number of fused-ring (bicyclic) bond motifs is 1. The van der Waals surface area contributed by atoms with Crippen molar-refractivity contribution in [3.05, 3.63) is 34.9 Å². The summed E-state index contributed by atoms with van der Waals surface area (Å²) in [6.45, 7) is 3.44. The first-order valence-electron chi connectivity index (χ1n) is 7.03. The van der Waals surface area contributed by atoms with Gasteiger partial charge in [0.05, 0.1) is 0 Å². The van der Waals surface area contributed by atoms with Crippen molar-refractivity contribution in [2.75, 3.05) is 25.4 Å². The number of likely N-dealkylation sites (tertiary alicyclic amines) is 1. The molecule has 1 fully saturated rings. The van der Waals surface area contributed by atoms with Crippen LogP contribution in [-0.2, 0) is 0 Å². The second-order valence-electron chi connectivity index (χ2n) is 4.97. The zero-order chi connectivity index (χ0) is 13.8. The molecule has 20 heavy (non-hydrogen) atoms. The molecule has 2 aromatic heterocycles. The van der Waals surface area contributed by atoms with Gasteiger partial charge in [-0.05, 0) is 38.1 Å². The van der Waals surface area contributed by atoms with Crippen LogP contribution in [0.25, 0.3) is 5.65 Å². The fourth-order valence-corrected chi connectivity index (χ4v) is 3.29. The monoisotopic (exact) mass is 290 g/mol. The second kappa shape index (κ2) is 6.37. The molecule has 0 aromatic carbocycles. The van der Waals surface area contributed by atoms with Crippen LogP contribution in [0.15, 0.2) is 34.3 Å². The summed E-state index contributed by atoms with van der Waals surface area (Å²) < 4.78 is 1.47.